The number of rotatable bonds is 8. The van der Waals surface area contributed by atoms with Crippen LogP contribution in [0.5, 0.6) is 0 Å². The summed E-state index contributed by atoms with van der Waals surface area (Å²) in [6.45, 7) is 3.93. The van der Waals surface area contributed by atoms with Gasteiger partial charge in [0.05, 0.1) is 4.90 Å². The Bertz CT molecular complexity index is 983. The predicted molar refractivity (Wildman–Crippen MR) is 127 cm³/mol. The van der Waals surface area contributed by atoms with Gasteiger partial charge in [0.15, 0.2) is 0 Å². The number of carbonyl (C=O) groups excluding carboxylic acids is 2. The standard InChI is InChI=1S/C25H37N3O4S/c1-16(2)22(27-24(30)25-12-17-9-18(13-25)11-19(10-17)14-25)23(29)26-15-20-7-5-6-8-21(20)33(31,32)28(3)4/h5-8,16-19,22H,9-15H2,1-4H3,(H,26,29)(H,27,30)/t17?,18?,19?,22-,25?/m0/s1. The van der Waals surface area contributed by atoms with Gasteiger partial charge < -0.3 is 10.6 Å². The fourth-order valence-corrected chi connectivity index (χ4v) is 7.72. The van der Waals surface area contributed by atoms with Crippen molar-refractivity contribution in [2.24, 2.45) is 29.1 Å². The first kappa shape index (κ1) is 24.2. The molecule has 4 aliphatic carbocycles. The summed E-state index contributed by atoms with van der Waals surface area (Å²) in [5, 5.41) is 5.97. The molecule has 4 aliphatic rings. The lowest BCUT2D eigenvalue weighted by Crippen LogP contribution is -2.58. The van der Waals surface area contributed by atoms with Crippen LogP contribution in [0.25, 0.3) is 0 Å². The van der Waals surface area contributed by atoms with Crippen molar-refractivity contribution in [2.45, 2.75) is 69.9 Å². The lowest BCUT2D eigenvalue weighted by atomic mass is 9.49. The Kier molecular flexibility index (Phi) is 6.62. The van der Waals surface area contributed by atoms with Crippen molar-refractivity contribution < 1.29 is 18.0 Å². The van der Waals surface area contributed by atoms with Crippen LogP contribution >= 0.6 is 0 Å². The fraction of sp³-hybridized carbons (Fsp3) is 0.680. The zero-order chi connectivity index (χ0) is 24.0. The first-order chi connectivity index (χ1) is 15.5. The summed E-state index contributed by atoms with van der Waals surface area (Å²) in [6, 6.07) is 6.03. The van der Waals surface area contributed by atoms with Gasteiger partial charge in [-0.1, -0.05) is 32.0 Å². The van der Waals surface area contributed by atoms with E-state index in [4.69, 9.17) is 0 Å². The molecular formula is C25H37N3O4S. The molecule has 4 saturated carbocycles. The number of nitrogens with zero attached hydrogens (tertiary/aromatic N) is 1. The van der Waals surface area contributed by atoms with Gasteiger partial charge in [0.1, 0.15) is 6.04 Å². The summed E-state index contributed by atoms with van der Waals surface area (Å²) in [5.74, 6) is 1.64. The Morgan fingerprint density at radius 3 is 2.09 bits per heavy atom. The SMILES string of the molecule is CC(C)[C@H](NC(=O)C12CC3CC(CC(C3)C1)C2)C(=O)NCc1ccccc1S(=O)(=O)N(C)C. The Balaban J connectivity index is 1.45. The van der Waals surface area contributed by atoms with Gasteiger partial charge >= 0.3 is 0 Å². The number of amides is 2. The second-order valence-corrected chi connectivity index (χ2v) is 13.1. The lowest BCUT2D eigenvalue weighted by Gasteiger charge is -2.55. The summed E-state index contributed by atoms with van der Waals surface area (Å²) in [5.41, 5.74) is 0.212. The summed E-state index contributed by atoms with van der Waals surface area (Å²) in [6.07, 6.45) is 6.63. The van der Waals surface area contributed by atoms with E-state index in [0.29, 0.717) is 23.3 Å². The van der Waals surface area contributed by atoms with E-state index in [-0.39, 0.29) is 34.6 Å². The Labute approximate surface area is 197 Å². The van der Waals surface area contributed by atoms with Gasteiger partial charge in [-0.3, -0.25) is 9.59 Å². The highest BCUT2D eigenvalue weighted by molar-refractivity contribution is 7.89. The van der Waals surface area contributed by atoms with Crippen LogP contribution in [0.2, 0.25) is 0 Å². The smallest absolute Gasteiger partial charge is 0.243 e. The van der Waals surface area contributed by atoms with Crippen molar-refractivity contribution >= 4 is 21.8 Å². The number of sulfonamides is 1. The van der Waals surface area contributed by atoms with Crippen LogP contribution in [-0.4, -0.2) is 44.7 Å². The molecule has 1 aromatic carbocycles. The van der Waals surface area contributed by atoms with Crippen molar-refractivity contribution in [3.05, 3.63) is 29.8 Å². The van der Waals surface area contributed by atoms with Gasteiger partial charge in [0, 0.05) is 26.1 Å². The van der Waals surface area contributed by atoms with E-state index >= 15 is 0 Å². The van der Waals surface area contributed by atoms with E-state index in [9.17, 15) is 18.0 Å². The van der Waals surface area contributed by atoms with Crippen LogP contribution in [0.3, 0.4) is 0 Å². The van der Waals surface area contributed by atoms with Crippen molar-refractivity contribution in [1.29, 1.82) is 0 Å². The third-order valence-corrected chi connectivity index (χ3v) is 9.86. The van der Waals surface area contributed by atoms with E-state index in [2.05, 4.69) is 10.6 Å². The minimum Gasteiger partial charge on any atom is -0.350 e. The van der Waals surface area contributed by atoms with Gasteiger partial charge in [-0.15, -0.1) is 0 Å². The maximum Gasteiger partial charge on any atom is 0.243 e. The first-order valence-corrected chi connectivity index (χ1v) is 13.5. The molecule has 8 heteroatoms. The first-order valence-electron chi connectivity index (χ1n) is 12.1. The van der Waals surface area contributed by atoms with Gasteiger partial charge in [0.2, 0.25) is 21.8 Å². The Morgan fingerprint density at radius 1 is 1.03 bits per heavy atom. The molecule has 2 amide bonds. The average molecular weight is 476 g/mol. The van der Waals surface area contributed by atoms with Crippen LogP contribution in [0, 0.1) is 29.1 Å². The van der Waals surface area contributed by atoms with Gasteiger partial charge in [-0.2, -0.15) is 0 Å². The third kappa shape index (κ3) is 4.69. The molecule has 2 N–H and O–H groups in total. The average Bonchev–Trinajstić information content (AvgIpc) is 2.74. The van der Waals surface area contributed by atoms with Crippen LogP contribution < -0.4 is 10.6 Å². The molecule has 1 atom stereocenters. The quantitative estimate of drug-likeness (QED) is 0.604. The van der Waals surface area contributed by atoms with Crippen molar-refractivity contribution in [2.75, 3.05) is 14.1 Å². The van der Waals surface area contributed by atoms with E-state index in [0.717, 1.165) is 23.6 Å². The monoisotopic (exact) mass is 475 g/mol. The fourth-order valence-electron chi connectivity index (χ4n) is 6.61. The van der Waals surface area contributed by atoms with E-state index in [1.165, 1.54) is 33.4 Å². The number of benzene rings is 1. The molecule has 7 nitrogen and oxygen atoms in total. The molecule has 5 rings (SSSR count). The molecule has 0 spiro atoms. The van der Waals surface area contributed by atoms with Crippen molar-refractivity contribution in [1.82, 2.24) is 14.9 Å². The molecule has 0 saturated heterocycles. The van der Waals surface area contributed by atoms with Gasteiger partial charge in [-0.05, 0) is 73.8 Å². The Morgan fingerprint density at radius 2 is 1.58 bits per heavy atom. The highest BCUT2D eigenvalue weighted by atomic mass is 32.2. The van der Waals surface area contributed by atoms with E-state index < -0.39 is 16.1 Å². The van der Waals surface area contributed by atoms with Crippen molar-refractivity contribution in [3.8, 4) is 0 Å². The largest absolute Gasteiger partial charge is 0.350 e. The third-order valence-electron chi connectivity index (χ3n) is 7.94. The molecule has 1 aromatic rings. The molecule has 33 heavy (non-hydrogen) atoms. The molecule has 0 aliphatic heterocycles. The second kappa shape index (κ2) is 9.02. The lowest BCUT2D eigenvalue weighted by molar-refractivity contribution is -0.149. The van der Waals surface area contributed by atoms with Crippen LogP contribution in [0.1, 0.15) is 57.9 Å². The molecule has 4 bridgehead atoms. The second-order valence-electron chi connectivity index (χ2n) is 11.0. The molecule has 4 fully saturated rings. The van der Waals surface area contributed by atoms with Gasteiger partial charge in [0.25, 0.3) is 0 Å². The van der Waals surface area contributed by atoms with Crippen molar-refractivity contribution in [3.63, 3.8) is 0 Å². The molecule has 0 unspecified atom stereocenters. The number of hydrogen-bond acceptors (Lipinski definition) is 4. The summed E-state index contributed by atoms with van der Waals surface area (Å²) in [4.78, 5) is 26.8. The molecule has 0 radical (unpaired) electrons. The van der Waals surface area contributed by atoms with Crippen LogP contribution in [-0.2, 0) is 26.2 Å². The maximum absolute atomic E-state index is 13.5. The Hall–Kier alpha value is -1.93. The predicted octanol–water partition coefficient (Wildman–Crippen LogP) is 2.91. The summed E-state index contributed by atoms with van der Waals surface area (Å²) < 4.78 is 26.5. The number of carbonyl (C=O) groups is 2. The summed E-state index contributed by atoms with van der Waals surface area (Å²) in [7, 11) is -0.654. The zero-order valence-corrected chi connectivity index (χ0v) is 21.0. The highest BCUT2D eigenvalue weighted by Crippen LogP contribution is 2.60. The van der Waals surface area contributed by atoms with Crippen LogP contribution in [0.4, 0.5) is 0 Å². The number of hydrogen-bond donors (Lipinski definition) is 2. The van der Waals surface area contributed by atoms with E-state index in [1.54, 1.807) is 24.3 Å². The maximum atomic E-state index is 13.5. The number of nitrogens with one attached hydrogen (secondary N) is 2. The topological polar surface area (TPSA) is 95.6 Å². The zero-order valence-electron chi connectivity index (χ0n) is 20.1. The molecule has 0 aromatic heterocycles. The minimum absolute atomic E-state index is 0.0334. The minimum atomic E-state index is -3.62. The van der Waals surface area contributed by atoms with E-state index in [1.807, 2.05) is 13.8 Å². The van der Waals surface area contributed by atoms with Gasteiger partial charge in [-0.25, -0.2) is 12.7 Å². The molecule has 182 valence electrons. The summed E-state index contributed by atoms with van der Waals surface area (Å²) >= 11 is 0. The highest BCUT2D eigenvalue weighted by Gasteiger charge is 2.55. The van der Waals surface area contributed by atoms with Crippen LogP contribution in [0.15, 0.2) is 29.2 Å². The normalized spacial score (nSPS) is 29.3. The molecular weight excluding hydrogens is 438 g/mol. The molecule has 0 heterocycles.